The van der Waals surface area contributed by atoms with Gasteiger partial charge in [0, 0.05) is 18.8 Å². The minimum Gasteiger partial charge on any atom is -0.399 e. The summed E-state index contributed by atoms with van der Waals surface area (Å²) in [7, 11) is -3.95. The van der Waals surface area contributed by atoms with E-state index in [4.69, 9.17) is 5.73 Å². The Morgan fingerprint density at radius 1 is 1.40 bits per heavy atom. The van der Waals surface area contributed by atoms with Gasteiger partial charge in [0.1, 0.15) is 4.90 Å². The smallest absolute Gasteiger partial charge is 0.246 e. The van der Waals surface area contributed by atoms with Gasteiger partial charge in [-0.1, -0.05) is 0 Å². The summed E-state index contributed by atoms with van der Waals surface area (Å²) in [5.41, 5.74) is 4.87. The van der Waals surface area contributed by atoms with E-state index < -0.39 is 26.3 Å². The Balaban J connectivity index is 2.37. The number of hydrogen-bond donors (Lipinski definition) is 2. The van der Waals surface area contributed by atoms with Crippen LogP contribution in [0, 0.1) is 5.82 Å². The van der Waals surface area contributed by atoms with Crippen molar-refractivity contribution in [3.05, 3.63) is 22.4 Å². The Kier molecular flexibility index (Phi) is 4.12. The van der Waals surface area contributed by atoms with Crippen LogP contribution in [-0.4, -0.2) is 36.5 Å². The Labute approximate surface area is 125 Å². The molecule has 0 atom stereocenters. The lowest BCUT2D eigenvalue weighted by molar-refractivity contribution is 0.0126. The lowest BCUT2D eigenvalue weighted by atomic mass is 9.95. The highest BCUT2D eigenvalue weighted by Crippen LogP contribution is 2.31. The molecule has 0 bridgehead atoms. The molecule has 0 saturated carbocycles. The lowest BCUT2D eigenvalue weighted by Gasteiger charge is -2.35. The molecule has 0 aliphatic carbocycles. The van der Waals surface area contributed by atoms with Crippen LogP contribution in [0.15, 0.2) is 21.5 Å². The third-order valence-corrected chi connectivity index (χ3v) is 5.91. The van der Waals surface area contributed by atoms with Gasteiger partial charge in [-0.15, -0.1) is 0 Å². The fraction of sp³-hybridized carbons (Fsp3) is 0.500. The molecule has 2 rings (SSSR count). The molecule has 1 aliphatic heterocycles. The molecule has 3 N–H and O–H groups in total. The predicted molar refractivity (Wildman–Crippen MR) is 77.1 cm³/mol. The molecule has 112 valence electrons. The maximum atomic E-state index is 14.0. The third-order valence-electron chi connectivity index (χ3n) is 3.43. The van der Waals surface area contributed by atoms with Crippen LogP contribution in [-0.2, 0) is 10.0 Å². The van der Waals surface area contributed by atoms with E-state index in [1.807, 2.05) is 0 Å². The summed E-state index contributed by atoms with van der Waals surface area (Å²) < 4.78 is 40.1. The van der Waals surface area contributed by atoms with Crippen LogP contribution in [0.3, 0.4) is 0 Å². The SMILES string of the molecule is CC1(O)CCN(S(=O)(=O)c2cc(N)cc(Br)c2F)CC1. The molecule has 1 aliphatic rings. The zero-order chi connectivity index (χ0) is 15.1. The second-order valence-electron chi connectivity index (χ2n) is 5.22. The maximum absolute atomic E-state index is 14.0. The van der Waals surface area contributed by atoms with Crippen molar-refractivity contribution in [2.75, 3.05) is 18.8 Å². The topological polar surface area (TPSA) is 83.6 Å². The van der Waals surface area contributed by atoms with Gasteiger partial charge in [-0.05, 0) is 47.8 Å². The van der Waals surface area contributed by atoms with Crippen molar-refractivity contribution in [3.8, 4) is 0 Å². The number of sulfonamides is 1. The first kappa shape index (κ1) is 15.7. The van der Waals surface area contributed by atoms with Gasteiger partial charge in [-0.25, -0.2) is 12.8 Å². The fourth-order valence-corrected chi connectivity index (χ4v) is 4.29. The van der Waals surface area contributed by atoms with Gasteiger partial charge >= 0.3 is 0 Å². The second-order valence-corrected chi connectivity index (χ2v) is 7.98. The first-order valence-corrected chi connectivity index (χ1v) is 8.34. The average Bonchev–Trinajstić information content (AvgIpc) is 2.33. The molecule has 0 amide bonds. The molecule has 0 spiro atoms. The predicted octanol–water partition coefficient (Wildman–Crippen LogP) is 1.71. The fourth-order valence-electron chi connectivity index (χ4n) is 2.12. The van der Waals surface area contributed by atoms with Crippen LogP contribution in [0.25, 0.3) is 0 Å². The van der Waals surface area contributed by atoms with E-state index in [-0.39, 0.29) is 23.2 Å². The summed E-state index contributed by atoms with van der Waals surface area (Å²) in [4.78, 5) is -0.439. The first-order chi connectivity index (χ1) is 9.13. The molecule has 8 heteroatoms. The normalized spacial score (nSPS) is 20.0. The number of rotatable bonds is 2. The van der Waals surface area contributed by atoms with Gasteiger partial charge in [-0.3, -0.25) is 0 Å². The largest absolute Gasteiger partial charge is 0.399 e. The van der Waals surface area contributed by atoms with Crippen molar-refractivity contribution in [1.29, 1.82) is 0 Å². The number of nitrogens with zero attached hydrogens (tertiary/aromatic N) is 1. The van der Waals surface area contributed by atoms with Crippen molar-refractivity contribution in [3.63, 3.8) is 0 Å². The Morgan fingerprint density at radius 3 is 2.50 bits per heavy atom. The maximum Gasteiger partial charge on any atom is 0.246 e. The summed E-state index contributed by atoms with van der Waals surface area (Å²) in [5.74, 6) is -0.850. The molecule has 0 unspecified atom stereocenters. The van der Waals surface area contributed by atoms with E-state index in [9.17, 15) is 17.9 Å². The van der Waals surface area contributed by atoms with Gasteiger partial charge in [0.05, 0.1) is 10.1 Å². The second kappa shape index (κ2) is 5.25. The summed E-state index contributed by atoms with van der Waals surface area (Å²) >= 11 is 2.95. The third kappa shape index (κ3) is 2.98. The molecule has 0 radical (unpaired) electrons. The van der Waals surface area contributed by atoms with Gasteiger partial charge in [0.2, 0.25) is 10.0 Å². The monoisotopic (exact) mass is 366 g/mol. The molecular formula is C12H16BrFN2O3S. The molecular weight excluding hydrogens is 351 g/mol. The number of nitrogens with two attached hydrogens (primary N) is 1. The zero-order valence-corrected chi connectivity index (χ0v) is 13.3. The van der Waals surface area contributed by atoms with Crippen molar-refractivity contribution in [2.24, 2.45) is 0 Å². The Morgan fingerprint density at radius 2 is 1.95 bits per heavy atom. The standard InChI is InChI=1S/C12H16BrFN2O3S/c1-12(17)2-4-16(5-3-12)20(18,19)10-7-8(15)6-9(13)11(10)14/h6-7,17H,2-5,15H2,1H3. The molecule has 5 nitrogen and oxygen atoms in total. The molecule has 1 aromatic rings. The van der Waals surface area contributed by atoms with Crippen molar-refractivity contribution >= 4 is 31.6 Å². The highest BCUT2D eigenvalue weighted by molar-refractivity contribution is 9.10. The summed E-state index contributed by atoms with van der Waals surface area (Å²) in [6, 6.07) is 2.43. The molecule has 1 heterocycles. The zero-order valence-electron chi connectivity index (χ0n) is 10.9. The molecule has 0 aromatic heterocycles. The van der Waals surface area contributed by atoms with Gasteiger partial charge in [0.15, 0.2) is 5.82 Å². The van der Waals surface area contributed by atoms with Crippen LogP contribution in [0.2, 0.25) is 0 Å². The van der Waals surface area contributed by atoms with Crippen LogP contribution in [0.5, 0.6) is 0 Å². The van der Waals surface area contributed by atoms with E-state index in [1.165, 1.54) is 10.4 Å². The van der Waals surface area contributed by atoms with Gasteiger partial charge in [0.25, 0.3) is 0 Å². The molecule has 1 saturated heterocycles. The quantitative estimate of drug-likeness (QED) is 0.780. The van der Waals surface area contributed by atoms with Crippen LogP contribution < -0.4 is 5.73 Å². The number of benzene rings is 1. The number of anilines is 1. The van der Waals surface area contributed by atoms with E-state index in [0.717, 1.165) is 6.07 Å². The summed E-state index contributed by atoms with van der Waals surface area (Å²) in [6.07, 6.45) is 0.634. The summed E-state index contributed by atoms with van der Waals surface area (Å²) in [5, 5.41) is 9.85. The minimum absolute atomic E-state index is 0.0140. The highest BCUT2D eigenvalue weighted by atomic mass is 79.9. The molecule has 1 aromatic carbocycles. The number of piperidine rings is 1. The highest BCUT2D eigenvalue weighted by Gasteiger charge is 2.35. The van der Waals surface area contributed by atoms with E-state index in [2.05, 4.69) is 15.9 Å². The first-order valence-electron chi connectivity index (χ1n) is 6.10. The van der Waals surface area contributed by atoms with Crippen LogP contribution in [0.1, 0.15) is 19.8 Å². The van der Waals surface area contributed by atoms with Crippen LogP contribution >= 0.6 is 15.9 Å². The Bertz CT molecular complexity index is 624. The van der Waals surface area contributed by atoms with Gasteiger partial charge in [-0.2, -0.15) is 4.31 Å². The van der Waals surface area contributed by atoms with Crippen LogP contribution in [0.4, 0.5) is 10.1 Å². The van der Waals surface area contributed by atoms with E-state index in [1.54, 1.807) is 6.92 Å². The van der Waals surface area contributed by atoms with E-state index >= 15 is 0 Å². The van der Waals surface area contributed by atoms with E-state index in [0.29, 0.717) is 12.8 Å². The average molecular weight is 367 g/mol. The van der Waals surface area contributed by atoms with Crippen molar-refractivity contribution < 1.29 is 17.9 Å². The molecule has 20 heavy (non-hydrogen) atoms. The van der Waals surface area contributed by atoms with Crippen molar-refractivity contribution in [2.45, 2.75) is 30.3 Å². The Hall–Kier alpha value is -0.700. The van der Waals surface area contributed by atoms with Gasteiger partial charge < -0.3 is 10.8 Å². The lowest BCUT2D eigenvalue weighted by Crippen LogP contribution is -2.45. The van der Waals surface area contributed by atoms with Crippen molar-refractivity contribution in [1.82, 2.24) is 4.31 Å². The number of hydrogen-bond acceptors (Lipinski definition) is 4. The number of aliphatic hydroxyl groups is 1. The minimum atomic E-state index is -3.95. The molecule has 1 fully saturated rings. The summed E-state index contributed by atoms with van der Waals surface area (Å²) in [6.45, 7) is 1.97. The number of halogens is 2. The number of nitrogen functional groups attached to an aromatic ring is 1.